The second-order valence-corrected chi connectivity index (χ2v) is 5.41. The lowest BCUT2D eigenvalue weighted by molar-refractivity contribution is -0.138. The van der Waals surface area contributed by atoms with Crippen LogP contribution in [0, 0.1) is 13.8 Å². The number of aromatic nitrogens is 1. The Hall–Kier alpha value is -2.44. The Labute approximate surface area is 127 Å². The van der Waals surface area contributed by atoms with Gasteiger partial charge in [0, 0.05) is 43.6 Å². The third-order valence-corrected chi connectivity index (χ3v) is 3.67. The average Bonchev–Trinajstić information content (AvgIpc) is 2.74. The van der Waals surface area contributed by atoms with Gasteiger partial charge < -0.3 is 10.3 Å². The maximum Gasteiger partial charge on any atom is 0.253 e. The molecular formula is C15H19N3O4. The number of carbonyl (C=O) groups is 3. The van der Waals surface area contributed by atoms with Gasteiger partial charge >= 0.3 is 0 Å². The van der Waals surface area contributed by atoms with E-state index in [-0.39, 0.29) is 55.6 Å². The summed E-state index contributed by atoms with van der Waals surface area (Å²) in [5.41, 5.74) is 1.87. The number of H-pyrrole nitrogens is 1. The predicted molar refractivity (Wildman–Crippen MR) is 79.0 cm³/mol. The van der Waals surface area contributed by atoms with E-state index in [1.165, 1.54) is 0 Å². The van der Waals surface area contributed by atoms with Crippen LogP contribution in [0.15, 0.2) is 10.9 Å². The molecule has 1 saturated heterocycles. The van der Waals surface area contributed by atoms with Gasteiger partial charge in [0.25, 0.3) is 5.56 Å². The summed E-state index contributed by atoms with van der Waals surface area (Å²) in [6.07, 6.45) is 0.483. The van der Waals surface area contributed by atoms with Gasteiger partial charge in [-0.3, -0.25) is 24.1 Å². The monoisotopic (exact) mass is 305 g/mol. The highest BCUT2D eigenvalue weighted by Gasteiger charge is 2.28. The van der Waals surface area contributed by atoms with E-state index in [1.807, 2.05) is 13.0 Å². The molecule has 1 aliphatic heterocycles. The summed E-state index contributed by atoms with van der Waals surface area (Å²) in [6, 6.07) is 1.84. The number of aryl methyl sites for hydroxylation is 2. The van der Waals surface area contributed by atoms with Crippen LogP contribution in [0.5, 0.6) is 0 Å². The lowest BCUT2D eigenvalue weighted by atomic mass is 10.1. The van der Waals surface area contributed by atoms with Crippen molar-refractivity contribution in [3.05, 3.63) is 33.2 Å². The van der Waals surface area contributed by atoms with Gasteiger partial charge in [-0.1, -0.05) is 0 Å². The van der Waals surface area contributed by atoms with Crippen LogP contribution < -0.4 is 10.9 Å². The molecule has 1 fully saturated rings. The number of hydrogen-bond acceptors (Lipinski definition) is 4. The van der Waals surface area contributed by atoms with Crippen LogP contribution in [-0.2, 0) is 20.9 Å². The highest BCUT2D eigenvalue weighted by Crippen LogP contribution is 2.11. The Morgan fingerprint density at radius 1 is 1.23 bits per heavy atom. The molecule has 0 spiro atoms. The Kier molecular flexibility index (Phi) is 4.75. The number of nitrogens with one attached hydrogen (secondary N) is 2. The van der Waals surface area contributed by atoms with Crippen molar-refractivity contribution < 1.29 is 14.4 Å². The topological polar surface area (TPSA) is 99.3 Å². The summed E-state index contributed by atoms with van der Waals surface area (Å²) in [5.74, 6) is -0.765. The minimum atomic E-state index is -0.299. The van der Waals surface area contributed by atoms with Gasteiger partial charge in [-0.15, -0.1) is 0 Å². The molecule has 2 heterocycles. The van der Waals surface area contributed by atoms with Crippen LogP contribution in [0.3, 0.4) is 0 Å². The van der Waals surface area contributed by atoms with E-state index in [4.69, 9.17) is 0 Å². The van der Waals surface area contributed by atoms with Crippen LogP contribution in [0.2, 0.25) is 0 Å². The van der Waals surface area contributed by atoms with E-state index < -0.39 is 0 Å². The SMILES string of the molecule is Cc1cc(C)c(CNC(=O)CCN2C(=O)CCC2=O)c(=O)[nH]1. The van der Waals surface area contributed by atoms with Crippen LogP contribution in [-0.4, -0.2) is 34.2 Å². The summed E-state index contributed by atoms with van der Waals surface area (Å²) in [4.78, 5) is 50.3. The summed E-state index contributed by atoms with van der Waals surface area (Å²) < 4.78 is 0. The van der Waals surface area contributed by atoms with Gasteiger partial charge in [0.1, 0.15) is 0 Å². The predicted octanol–water partition coefficient (Wildman–Crippen LogP) is 0.147. The first kappa shape index (κ1) is 15.9. The molecule has 0 saturated carbocycles. The molecular weight excluding hydrogens is 286 g/mol. The lowest BCUT2D eigenvalue weighted by Gasteiger charge is -2.13. The van der Waals surface area contributed by atoms with Gasteiger partial charge in [0.15, 0.2) is 0 Å². The molecule has 3 amide bonds. The highest BCUT2D eigenvalue weighted by molar-refractivity contribution is 6.02. The molecule has 118 valence electrons. The third-order valence-electron chi connectivity index (χ3n) is 3.67. The third kappa shape index (κ3) is 3.60. The zero-order chi connectivity index (χ0) is 16.3. The molecule has 0 unspecified atom stereocenters. The smallest absolute Gasteiger partial charge is 0.253 e. The van der Waals surface area contributed by atoms with E-state index in [0.717, 1.165) is 16.2 Å². The summed E-state index contributed by atoms with van der Waals surface area (Å²) in [6.45, 7) is 3.82. The summed E-state index contributed by atoms with van der Waals surface area (Å²) in [5, 5.41) is 2.65. The second kappa shape index (κ2) is 6.55. The Balaban J connectivity index is 1.87. The molecule has 22 heavy (non-hydrogen) atoms. The van der Waals surface area contributed by atoms with Crippen LogP contribution in [0.4, 0.5) is 0 Å². The quantitative estimate of drug-likeness (QED) is 0.756. The van der Waals surface area contributed by atoms with Crippen LogP contribution in [0.25, 0.3) is 0 Å². The van der Waals surface area contributed by atoms with Crippen molar-refractivity contribution in [3.63, 3.8) is 0 Å². The average molecular weight is 305 g/mol. The zero-order valence-corrected chi connectivity index (χ0v) is 12.7. The number of likely N-dealkylation sites (tertiary alicyclic amines) is 1. The second-order valence-electron chi connectivity index (χ2n) is 5.41. The molecule has 0 aromatic carbocycles. The van der Waals surface area contributed by atoms with E-state index >= 15 is 0 Å². The first-order valence-electron chi connectivity index (χ1n) is 7.18. The first-order valence-corrected chi connectivity index (χ1v) is 7.18. The fraction of sp³-hybridized carbons (Fsp3) is 0.467. The molecule has 0 bridgehead atoms. The molecule has 1 aromatic heterocycles. The molecule has 0 radical (unpaired) electrons. The number of imide groups is 1. The molecule has 1 aromatic rings. The maximum atomic E-state index is 11.8. The van der Waals surface area contributed by atoms with Gasteiger partial charge in [-0.25, -0.2) is 0 Å². The number of pyridine rings is 1. The van der Waals surface area contributed by atoms with E-state index in [0.29, 0.717) is 5.56 Å². The maximum absolute atomic E-state index is 11.8. The van der Waals surface area contributed by atoms with Crippen molar-refractivity contribution in [1.82, 2.24) is 15.2 Å². The van der Waals surface area contributed by atoms with Crippen molar-refractivity contribution in [1.29, 1.82) is 0 Å². The number of aromatic amines is 1. The minimum Gasteiger partial charge on any atom is -0.352 e. The zero-order valence-electron chi connectivity index (χ0n) is 12.7. The number of amides is 3. The van der Waals surface area contributed by atoms with Crippen molar-refractivity contribution >= 4 is 17.7 Å². The minimum absolute atomic E-state index is 0.0420. The van der Waals surface area contributed by atoms with Gasteiger partial charge in [-0.05, 0) is 25.5 Å². The Morgan fingerprint density at radius 2 is 1.86 bits per heavy atom. The van der Waals surface area contributed by atoms with Crippen molar-refractivity contribution in [2.24, 2.45) is 0 Å². The van der Waals surface area contributed by atoms with E-state index in [2.05, 4.69) is 10.3 Å². The number of carbonyl (C=O) groups excluding carboxylic acids is 3. The first-order chi connectivity index (χ1) is 10.4. The highest BCUT2D eigenvalue weighted by atomic mass is 16.2. The van der Waals surface area contributed by atoms with E-state index in [9.17, 15) is 19.2 Å². The molecule has 7 nitrogen and oxygen atoms in total. The fourth-order valence-electron chi connectivity index (χ4n) is 2.46. The lowest BCUT2D eigenvalue weighted by Crippen LogP contribution is -2.34. The molecule has 7 heteroatoms. The van der Waals surface area contributed by atoms with Crippen LogP contribution in [0.1, 0.15) is 36.1 Å². The van der Waals surface area contributed by atoms with Gasteiger partial charge in [-0.2, -0.15) is 0 Å². The number of rotatable bonds is 5. The Morgan fingerprint density at radius 3 is 2.45 bits per heavy atom. The largest absolute Gasteiger partial charge is 0.352 e. The standard InChI is InChI=1S/C15H19N3O4/c1-9-7-10(2)17-15(22)11(9)8-16-12(19)5-6-18-13(20)3-4-14(18)21/h7H,3-6,8H2,1-2H3,(H,16,19)(H,17,22). The van der Waals surface area contributed by atoms with Gasteiger partial charge in [0.05, 0.1) is 0 Å². The van der Waals surface area contributed by atoms with E-state index in [1.54, 1.807) is 6.92 Å². The van der Waals surface area contributed by atoms with Crippen molar-refractivity contribution in [2.75, 3.05) is 6.54 Å². The summed E-state index contributed by atoms with van der Waals surface area (Å²) in [7, 11) is 0. The molecule has 1 aliphatic rings. The number of hydrogen-bond donors (Lipinski definition) is 2. The van der Waals surface area contributed by atoms with Crippen molar-refractivity contribution in [3.8, 4) is 0 Å². The fourth-order valence-corrected chi connectivity index (χ4v) is 2.46. The van der Waals surface area contributed by atoms with Crippen LogP contribution >= 0.6 is 0 Å². The molecule has 0 atom stereocenters. The van der Waals surface area contributed by atoms with Crippen molar-refractivity contribution in [2.45, 2.75) is 39.7 Å². The Bertz CT molecular complexity index is 662. The van der Waals surface area contributed by atoms with Gasteiger partial charge in [0.2, 0.25) is 17.7 Å². The number of nitrogens with zero attached hydrogens (tertiary/aromatic N) is 1. The normalized spacial score (nSPS) is 14.5. The molecule has 0 aliphatic carbocycles. The summed E-state index contributed by atoms with van der Waals surface area (Å²) >= 11 is 0. The molecule has 2 N–H and O–H groups in total. The molecule has 2 rings (SSSR count).